The Kier molecular flexibility index (Phi) is 4.21. The highest BCUT2D eigenvalue weighted by Gasteiger charge is 2.40. The Balaban J connectivity index is 2.10. The second-order valence-corrected chi connectivity index (χ2v) is 7.47. The number of ether oxygens (including phenoxy) is 1. The molecule has 2 aromatic rings. The quantitative estimate of drug-likeness (QED) is 0.785. The van der Waals surface area contributed by atoms with E-state index in [1.807, 2.05) is 0 Å². The van der Waals surface area contributed by atoms with Crippen LogP contribution < -0.4 is 0 Å². The molecular weight excluding hydrogens is 316 g/mol. The van der Waals surface area contributed by atoms with Crippen LogP contribution in [0.15, 0.2) is 47.8 Å². The van der Waals surface area contributed by atoms with Gasteiger partial charge in [-0.15, -0.1) is 0 Å². The number of carbonyl (C=O) groups is 1. The van der Waals surface area contributed by atoms with Gasteiger partial charge in [-0.1, -0.05) is 6.42 Å². The summed E-state index contributed by atoms with van der Waals surface area (Å²) in [6, 6.07) is 6.45. The molecule has 3 rings (SSSR count). The second-order valence-electron chi connectivity index (χ2n) is 5.65. The van der Waals surface area contributed by atoms with E-state index >= 15 is 0 Å². The van der Waals surface area contributed by atoms with Crippen LogP contribution in [0.2, 0.25) is 0 Å². The van der Waals surface area contributed by atoms with E-state index in [-0.39, 0.29) is 4.90 Å². The minimum Gasteiger partial charge on any atom is -0.455 e. The molecule has 7 heteroatoms. The van der Waals surface area contributed by atoms with Crippen LogP contribution in [0.25, 0.3) is 0 Å². The van der Waals surface area contributed by atoms with Crippen LogP contribution in [-0.2, 0) is 25.2 Å². The first-order valence-corrected chi connectivity index (χ1v) is 8.99. The first kappa shape index (κ1) is 15.7. The molecule has 0 radical (unpaired) electrons. The number of carbonyl (C=O) groups excluding carboxylic acids is 1. The Labute approximate surface area is 135 Å². The summed E-state index contributed by atoms with van der Waals surface area (Å²) < 4.78 is 32.4. The lowest BCUT2D eigenvalue weighted by Crippen LogP contribution is -2.35. The Bertz CT molecular complexity index is 777. The average molecular weight is 334 g/mol. The van der Waals surface area contributed by atoms with Crippen molar-refractivity contribution in [1.29, 1.82) is 0 Å². The van der Waals surface area contributed by atoms with Gasteiger partial charge in [0.1, 0.15) is 4.90 Å². The first-order valence-electron chi connectivity index (χ1n) is 7.55. The van der Waals surface area contributed by atoms with Crippen molar-refractivity contribution >= 4 is 16.5 Å². The van der Waals surface area contributed by atoms with E-state index in [1.54, 1.807) is 18.2 Å². The van der Waals surface area contributed by atoms with Crippen molar-refractivity contribution in [3.8, 4) is 0 Å². The third-order valence-electron chi connectivity index (χ3n) is 4.31. The van der Waals surface area contributed by atoms with E-state index in [2.05, 4.69) is 4.98 Å². The van der Waals surface area contributed by atoms with E-state index in [0.717, 1.165) is 19.3 Å². The lowest BCUT2D eigenvalue weighted by atomic mass is 9.82. The van der Waals surface area contributed by atoms with E-state index in [0.29, 0.717) is 25.0 Å². The lowest BCUT2D eigenvalue weighted by Gasteiger charge is -2.36. The molecule has 1 aliphatic rings. The molecule has 0 amide bonds. The predicted molar refractivity (Wildman–Crippen MR) is 83.2 cm³/mol. The van der Waals surface area contributed by atoms with E-state index in [4.69, 9.17) is 4.74 Å². The third kappa shape index (κ3) is 2.76. The summed E-state index contributed by atoms with van der Waals surface area (Å²) in [5.74, 6) is 0. The summed E-state index contributed by atoms with van der Waals surface area (Å²) in [4.78, 5) is 15.0. The number of hydrogen-bond acceptors (Lipinski definition) is 5. The highest BCUT2D eigenvalue weighted by atomic mass is 32.2. The highest BCUT2D eigenvalue weighted by Crippen LogP contribution is 2.41. The van der Waals surface area contributed by atoms with Gasteiger partial charge >= 0.3 is 0 Å². The van der Waals surface area contributed by atoms with Gasteiger partial charge in [-0.05, 0) is 49.9 Å². The molecule has 0 aromatic carbocycles. The van der Waals surface area contributed by atoms with Crippen molar-refractivity contribution in [2.24, 2.45) is 0 Å². The minimum absolute atomic E-state index is 0.106. The topological polar surface area (TPSA) is 78.3 Å². The van der Waals surface area contributed by atoms with Crippen LogP contribution in [0.1, 0.15) is 37.8 Å². The van der Waals surface area contributed by atoms with Gasteiger partial charge in [0.05, 0.1) is 5.69 Å². The molecule has 0 bridgehead atoms. The van der Waals surface area contributed by atoms with Crippen LogP contribution in [-0.4, -0.2) is 23.8 Å². The summed E-state index contributed by atoms with van der Waals surface area (Å²) >= 11 is 0. The highest BCUT2D eigenvalue weighted by molar-refractivity contribution is 7.90. The van der Waals surface area contributed by atoms with Crippen LogP contribution in [0.3, 0.4) is 0 Å². The zero-order valence-corrected chi connectivity index (χ0v) is 13.4. The monoisotopic (exact) mass is 334 g/mol. The van der Waals surface area contributed by atoms with Crippen molar-refractivity contribution in [2.75, 3.05) is 0 Å². The maximum atomic E-state index is 12.9. The van der Waals surface area contributed by atoms with E-state index in [1.165, 1.54) is 28.6 Å². The fraction of sp³-hybridized carbons (Fsp3) is 0.375. The normalized spacial score (nSPS) is 17.6. The summed E-state index contributed by atoms with van der Waals surface area (Å²) in [6.45, 7) is 0.416. The van der Waals surface area contributed by atoms with Gasteiger partial charge in [0.25, 0.3) is 16.5 Å². The number of hydrogen-bond donors (Lipinski definition) is 0. The number of aromatic nitrogens is 2. The Morgan fingerprint density at radius 3 is 2.61 bits per heavy atom. The molecule has 0 unspecified atom stereocenters. The number of nitrogens with zero attached hydrogens (tertiary/aromatic N) is 2. The molecule has 0 aliphatic heterocycles. The number of pyridine rings is 1. The van der Waals surface area contributed by atoms with Crippen molar-refractivity contribution in [1.82, 2.24) is 8.96 Å². The molecule has 2 aromatic heterocycles. The van der Waals surface area contributed by atoms with Crippen LogP contribution in [0.5, 0.6) is 0 Å². The molecule has 0 saturated heterocycles. The Morgan fingerprint density at radius 1 is 1.17 bits per heavy atom. The minimum atomic E-state index is -3.77. The molecule has 6 nitrogen and oxygen atoms in total. The van der Waals surface area contributed by atoms with Crippen LogP contribution >= 0.6 is 0 Å². The van der Waals surface area contributed by atoms with E-state index in [9.17, 15) is 13.2 Å². The van der Waals surface area contributed by atoms with Gasteiger partial charge in [0.15, 0.2) is 5.60 Å². The molecule has 0 spiro atoms. The summed E-state index contributed by atoms with van der Waals surface area (Å²) in [6.07, 6.45) is 8.41. The van der Waals surface area contributed by atoms with Crippen molar-refractivity contribution in [2.45, 2.75) is 42.6 Å². The maximum absolute atomic E-state index is 12.9. The fourth-order valence-corrected chi connectivity index (χ4v) is 4.58. The fourth-order valence-electron chi connectivity index (χ4n) is 3.19. The smallest absolute Gasteiger partial charge is 0.294 e. The van der Waals surface area contributed by atoms with Crippen molar-refractivity contribution in [3.05, 3.63) is 48.5 Å². The first-order chi connectivity index (χ1) is 11.1. The lowest BCUT2D eigenvalue weighted by molar-refractivity contribution is -0.149. The second kappa shape index (κ2) is 6.16. The summed E-state index contributed by atoms with van der Waals surface area (Å²) in [5, 5.41) is 0. The van der Waals surface area contributed by atoms with Gasteiger partial charge in [-0.2, -0.15) is 0 Å². The summed E-state index contributed by atoms with van der Waals surface area (Å²) in [7, 11) is -3.77. The third-order valence-corrected chi connectivity index (χ3v) is 5.98. The molecule has 2 heterocycles. The van der Waals surface area contributed by atoms with Crippen molar-refractivity contribution < 1.29 is 17.9 Å². The molecule has 1 fully saturated rings. The van der Waals surface area contributed by atoms with Gasteiger partial charge in [-0.3, -0.25) is 9.78 Å². The summed E-state index contributed by atoms with van der Waals surface area (Å²) in [5.41, 5.74) is -0.383. The molecule has 0 N–H and O–H groups in total. The molecule has 122 valence electrons. The number of rotatable bonds is 5. The maximum Gasteiger partial charge on any atom is 0.294 e. The zero-order valence-electron chi connectivity index (χ0n) is 12.6. The molecule has 1 saturated carbocycles. The van der Waals surface area contributed by atoms with Gasteiger partial charge in [0.2, 0.25) is 0 Å². The predicted octanol–water partition coefficient (Wildman–Crippen LogP) is 2.45. The standard InChI is InChI=1S/C16H18N2O4S/c19-13-22-16(8-2-1-3-9-16)15-7-5-11-18(15)23(20,21)14-6-4-10-17-12-14/h4-7,10-13H,1-3,8-9H2. The molecule has 23 heavy (non-hydrogen) atoms. The van der Waals surface area contributed by atoms with Gasteiger partial charge in [0, 0.05) is 18.6 Å². The van der Waals surface area contributed by atoms with Gasteiger partial charge in [-0.25, -0.2) is 12.4 Å². The van der Waals surface area contributed by atoms with E-state index < -0.39 is 15.6 Å². The Morgan fingerprint density at radius 2 is 1.96 bits per heavy atom. The van der Waals surface area contributed by atoms with Crippen molar-refractivity contribution in [3.63, 3.8) is 0 Å². The molecular formula is C16H18N2O4S. The van der Waals surface area contributed by atoms with Crippen LogP contribution in [0, 0.1) is 0 Å². The van der Waals surface area contributed by atoms with Gasteiger partial charge < -0.3 is 4.74 Å². The average Bonchev–Trinajstić information content (AvgIpc) is 3.08. The molecule has 1 aliphatic carbocycles. The largest absolute Gasteiger partial charge is 0.455 e. The SMILES string of the molecule is O=COC1(c2cccn2S(=O)(=O)c2cccnc2)CCCCC1. The zero-order chi connectivity index (χ0) is 16.3. The van der Waals surface area contributed by atoms with Crippen LogP contribution in [0.4, 0.5) is 0 Å². The molecule has 0 atom stereocenters. The Hall–Kier alpha value is -2.15.